The molecule has 0 radical (unpaired) electrons. The number of nitrogens with one attached hydrogen (secondary N) is 2. The van der Waals surface area contributed by atoms with Gasteiger partial charge >= 0.3 is 6.03 Å². The maximum Gasteiger partial charge on any atom is 0.321 e. The highest BCUT2D eigenvalue weighted by molar-refractivity contribution is 7.15. The van der Waals surface area contributed by atoms with Gasteiger partial charge in [-0.3, -0.25) is 10.2 Å². The minimum Gasteiger partial charge on any atom is -0.379 e. The molecule has 0 unspecified atom stereocenters. The van der Waals surface area contributed by atoms with Gasteiger partial charge in [-0.1, -0.05) is 30.6 Å². The molecule has 0 bridgehead atoms. The van der Waals surface area contributed by atoms with Crippen molar-refractivity contribution in [2.24, 2.45) is 0 Å². The van der Waals surface area contributed by atoms with Crippen LogP contribution < -0.4 is 10.6 Å². The lowest BCUT2D eigenvalue weighted by atomic mass is 9.90. The summed E-state index contributed by atoms with van der Waals surface area (Å²) in [5.74, 6) is 0.529. The molecule has 0 atom stereocenters. The maximum atomic E-state index is 11.9. The zero-order valence-corrected chi connectivity index (χ0v) is 14.2. The first-order valence-corrected chi connectivity index (χ1v) is 9.31. The Bertz CT molecular complexity index is 498. The average molecular weight is 339 g/mol. The molecule has 1 aromatic rings. The first-order chi connectivity index (χ1) is 11.3. The molecule has 1 aliphatic heterocycles. The summed E-state index contributed by atoms with van der Waals surface area (Å²) in [5.41, 5.74) is 0. The van der Waals surface area contributed by atoms with Crippen LogP contribution in [0.2, 0.25) is 0 Å². The number of aromatic nitrogens is 2. The third-order valence-corrected chi connectivity index (χ3v) is 5.43. The predicted octanol–water partition coefficient (Wildman–Crippen LogP) is 2.04. The van der Waals surface area contributed by atoms with Gasteiger partial charge in [0, 0.05) is 32.1 Å². The van der Waals surface area contributed by atoms with Gasteiger partial charge in [0.25, 0.3) is 0 Å². The van der Waals surface area contributed by atoms with Gasteiger partial charge in [-0.05, 0) is 12.8 Å². The summed E-state index contributed by atoms with van der Waals surface area (Å²) >= 11 is 1.51. The summed E-state index contributed by atoms with van der Waals surface area (Å²) < 4.78 is 5.30. The fourth-order valence-corrected chi connectivity index (χ4v) is 4.00. The zero-order valence-electron chi connectivity index (χ0n) is 13.4. The van der Waals surface area contributed by atoms with Gasteiger partial charge in [-0.25, -0.2) is 4.79 Å². The lowest BCUT2D eigenvalue weighted by Crippen LogP contribution is -2.42. The smallest absolute Gasteiger partial charge is 0.321 e. The van der Waals surface area contributed by atoms with E-state index in [4.69, 9.17) is 4.74 Å². The van der Waals surface area contributed by atoms with Crippen molar-refractivity contribution < 1.29 is 9.53 Å². The third kappa shape index (κ3) is 5.12. The number of anilines is 1. The molecule has 2 heterocycles. The first-order valence-electron chi connectivity index (χ1n) is 8.49. The van der Waals surface area contributed by atoms with Crippen LogP contribution in [0.1, 0.15) is 43.0 Å². The number of hydrogen-bond acceptors (Lipinski definition) is 6. The van der Waals surface area contributed by atoms with Crippen LogP contribution in [0.15, 0.2) is 0 Å². The summed E-state index contributed by atoms with van der Waals surface area (Å²) in [4.78, 5) is 14.2. The monoisotopic (exact) mass is 339 g/mol. The Morgan fingerprint density at radius 1 is 1.22 bits per heavy atom. The van der Waals surface area contributed by atoms with E-state index in [1.54, 1.807) is 0 Å². The Morgan fingerprint density at radius 3 is 2.78 bits per heavy atom. The van der Waals surface area contributed by atoms with Crippen molar-refractivity contribution in [2.45, 2.75) is 38.0 Å². The van der Waals surface area contributed by atoms with Crippen LogP contribution in [0.25, 0.3) is 0 Å². The number of carbonyl (C=O) groups is 1. The lowest BCUT2D eigenvalue weighted by molar-refractivity contribution is 0.0388. The molecule has 128 valence electrons. The number of ether oxygens (including phenoxy) is 1. The summed E-state index contributed by atoms with van der Waals surface area (Å²) in [7, 11) is 0. The Balaban J connectivity index is 1.38. The zero-order chi connectivity index (χ0) is 15.9. The summed E-state index contributed by atoms with van der Waals surface area (Å²) in [6, 6.07) is -0.204. The second-order valence-electron chi connectivity index (χ2n) is 6.12. The van der Waals surface area contributed by atoms with Gasteiger partial charge in [-0.2, -0.15) is 0 Å². The number of urea groups is 1. The molecular weight excluding hydrogens is 314 g/mol. The normalized spacial score (nSPS) is 20.3. The number of morpholine rings is 1. The minimum absolute atomic E-state index is 0.204. The quantitative estimate of drug-likeness (QED) is 0.858. The van der Waals surface area contributed by atoms with E-state index >= 15 is 0 Å². The Labute approximate surface area is 140 Å². The molecule has 0 spiro atoms. The lowest BCUT2D eigenvalue weighted by Gasteiger charge is -2.26. The first kappa shape index (κ1) is 16.6. The molecule has 1 aromatic heterocycles. The van der Waals surface area contributed by atoms with Gasteiger partial charge in [-0.15, -0.1) is 10.2 Å². The molecule has 1 saturated carbocycles. The van der Waals surface area contributed by atoms with E-state index in [-0.39, 0.29) is 6.03 Å². The van der Waals surface area contributed by atoms with Crippen LogP contribution in [0.4, 0.5) is 9.93 Å². The number of carbonyl (C=O) groups excluding carboxylic acids is 1. The third-order valence-electron chi connectivity index (χ3n) is 4.43. The largest absolute Gasteiger partial charge is 0.379 e. The molecule has 2 amide bonds. The molecule has 1 saturated heterocycles. The van der Waals surface area contributed by atoms with Crippen molar-refractivity contribution in [1.29, 1.82) is 0 Å². The van der Waals surface area contributed by atoms with E-state index in [1.807, 2.05) is 0 Å². The number of amides is 2. The van der Waals surface area contributed by atoms with Crippen molar-refractivity contribution >= 4 is 22.5 Å². The van der Waals surface area contributed by atoms with Gasteiger partial charge in [0.05, 0.1) is 13.2 Å². The van der Waals surface area contributed by atoms with Crippen molar-refractivity contribution in [3.05, 3.63) is 5.01 Å². The second-order valence-corrected chi connectivity index (χ2v) is 7.12. The van der Waals surface area contributed by atoms with Gasteiger partial charge in [0.1, 0.15) is 5.01 Å². The molecule has 0 aromatic carbocycles. The van der Waals surface area contributed by atoms with E-state index in [0.717, 1.165) is 37.9 Å². The summed E-state index contributed by atoms with van der Waals surface area (Å²) in [6.07, 6.45) is 6.26. The highest BCUT2D eigenvalue weighted by Gasteiger charge is 2.20. The fraction of sp³-hybridized carbons (Fsp3) is 0.800. The second kappa shape index (κ2) is 8.56. The van der Waals surface area contributed by atoms with Gasteiger partial charge in [0.2, 0.25) is 5.13 Å². The molecule has 1 aliphatic carbocycles. The van der Waals surface area contributed by atoms with Crippen LogP contribution in [-0.4, -0.2) is 60.5 Å². The predicted molar refractivity (Wildman–Crippen MR) is 90.0 cm³/mol. The number of rotatable bonds is 5. The maximum absolute atomic E-state index is 11.9. The topological polar surface area (TPSA) is 79.4 Å². The van der Waals surface area contributed by atoms with Crippen LogP contribution in [0.3, 0.4) is 0 Å². The van der Waals surface area contributed by atoms with E-state index in [9.17, 15) is 4.79 Å². The highest BCUT2D eigenvalue weighted by Crippen LogP contribution is 2.35. The van der Waals surface area contributed by atoms with Gasteiger partial charge in [0.15, 0.2) is 0 Å². The van der Waals surface area contributed by atoms with Crippen molar-refractivity contribution in [2.75, 3.05) is 44.7 Å². The Morgan fingerprint density at radius 2 is 2.00 bits per heavy atom. The minimum atomic E-state index is -0.204. The van der Waals surface area contributed by atoms with E-state index in [2.05, 4.69) is 25.7 Å². The van der Waals surface area contributed by atoms with E-state index < -0.39 is 0 Å². The van der Waals surface area contributed by atoms with Crippen molar-refractivity contribution in [3.63, 3.8) is 0 Å². The van der Waals surface area contributed by atoms with Crippen molar-refractivity contribution in [1.82, 2.24) is 20.4 Å². The van der Waals surface area contributed by atoms with Crippen LogP contribution in [0, 0.1) is 0 Å². The molecule has 8 heteroatoms. The van der Waals surface area contributed by atoms with Crippen LogP contribution >= 0.6 is 11.3 Å². The molecule has 2 fully saturated rings. The molecule has 23 heavy (non-hydrogen) atoms. The number of nitrogens with zero attached hydrogens (tertiary/aromatic N) is 3. The fourth-order valence-electron chi connectivity index (χ4n) is 3.09. The Hall–Kier alpha value is -1.25. The molecule has 2 N–H and O–H groups in total. The van der Waals surface area contributed by atoms with Crippen molar-refractivity contribution in [3.8, 4) is 0 Å². The SMILES string of the molecule is O=C(NCCN1CCOCC1)Nc1nnc(C2CCCCC2)s1. The van der Waals surface area contributed by atoms with Crippen LogP contribution in [-0.2, 0) is 4.74 Å². The van der Waals surface area contributed by atoms with E-state index in [1.165, 1.54) is 43.4 Å². The number of hydrogen-bond donors (Lipinski definition) is 2. The molecule has 2 aliphatic rings. The molecule has 7 nitrogen and oxygen atoms in total. The highest BCUT2D eigenvalue weighted by atomic mass is 32.1. The average Bonchev–Trinajstić information content (AvgIpc) is 3.05. The summed E-state index contributed by atoms with van der Waals surface area (Å²) in [5, 5.41) is 15.7. The standard InChI is InChI=1S/C15H25N5O2S/c21-14(16-6-7-20-8-10-22-11-9-20)17-15-19-18-13(23-15)12-4-2-1-3-5-12/h12H,1-11H2,(H2,16,17,19,21). The molecular formula is C15H25N5O2S. The molecule has 3 rings (SSSR count). The summed E-state index contributed by atoms with van der Waals surface area (Å²) in [6.45, 7) is 4.90. The van der Waals surface area contributed by atoms with Crippen LogP contribution in [0.5, 0.6) is 0 Å². The Kier molecular flexibility index (Phi) is 6.18. The van der Waals surface area contributed by atoms with E-state index in [0.29, 0.717) is 17.6 Å². The van der Waals surface area contributed by atoms with Gasteiger partial charge < -0.3 is 10.1 Å².